The van der Waals surface area contributed by atoms with E-state index in [1.165, 1.54) is 0 Å². The molecule has 0 aromatic rings. The van der Waals surface area contributed by atoms with E-state index in [1.54, 1.807) is 0 Å². The second kappa shape index (κ2) is 3.23. The van der Waals surface area contributed by atoms with Crippen LogP contribution < -0.4 is 11.1 Å². The van der Waals surface area contributed by atoms with E-state index in [4.69, 9.17) is 5.73 Å². The van der Waals surface area contributed by atoms with Crippen LogP contribution in [-0.4, -0.2) is 18.5 Å². The summed E-state index contributed by atoms with van der Waals surface area (Å²) in [5.41, 5.74) is 5.82. The van der Waals surface area contributed by atoms with Gasteiger partial charge in [0.05, 0.1) is 0 Å². The van der Waals surface area contributed by atoms with Crippen molar-refractivity contribution in [2.24, 2.45) is 22.5 Å². The van der Waals surface area contributed by atoms with Crippen LogP contribution in [0, 0.1) is 16.7 Å². The van der Waals surface area contributed by atoms with Gasteiger partial charge in [0.25, 0.3) is 0 Å². The van der Waals surface area contributed by atoms with Crippen LogP contribution in [0.2, 0.25) is 0 Å². The van der Waals surface area contributed by atoms with Crippen LogP contribution in [0.4, 0.5) is 0 Å². The van der Waals surface area contributed by atoms with E-state index in [0.29, 0.717) is 6.54 Å². The fraction of sp³-hybridized carbons (Fsp3) is 0.909. The fourth-order valence-corrected chi connectivity index (χ4v) is 2.22. The smallest absolute Gasteiger partial charge is 0.224 e. The Morgan fingerprint density at radius 3 is 2.07 bits per heavy atom. The number of nitrogens with one attached hydrogen (secondary N) is 1. The van der Waals surface area contributed by atoms with Gasteiger partial charge in [0.1, 0.15) is 0 Å². The van der Waals surface area contributed by atoms with Crippen LogP contribution in [0.5, 0.6) is 0 Å². The van der Waals surface area contributed by atoms with E-state index in [0.717, 1.165) is 0 Å². The number of nitrogens with two attached hydrogens (primary N) is 1. The van der Waals surface area contributed by atoms with E-state index in [2.05, 4.69) is 33.0 Å². The van der Waals surface area contributed by atoms with E-state index in [9.17, 15) is 4.79 Å². The molecule has 1 amide bonds. The summed E-state index contributed by atoms with van der Waals surface area (Å²) in [6.07, 6.45) is 0. The van der Waals surface area contributed by atoms with Gasteiger partial charge in [0.2, 0.25) is 5.91 Å². The molecule has 1 atom stereocenters. The van der Waals surface area contributed by atoms with Crippen molar-refractivity contribution in [2.45, 2.75) is 40.7 Å². The van der Waals surface area contributed by atoms with Gasteiger partial charge >= 0.3 is 0 Å². The van der Waals surface area contributed by atoms with Crippen molar-refractivity contribution in [1.29, 1.82) is 0 Å². The lowest BCUT2D eigenvalue weighted by Gasteiger charge is -2.08. The molecule has 0 radical (unpaired) electrons. The molecule has 0 spiro atoms. The van der Waals surface area contributed by atoms with Crippen LogP contribution in [-0.2, 0) is 4.79 Å². The summed E-state index contributed by atoms with van der Waals surface area (Å²) in [6.45, 7) is 11.0. The summed E-state index contributed by atoms with van der Waals surface area (Å²) in [6, 6.07) is 0.0314. The summed E-state index contributed by atoms with van der Waals surface area (Å²) in [5.74, 6) is 0.283. The molecule has 0 bridgehead atoms. The maximum atomic E-state index is 11.8. The molecule has 3 heteroatoms. The maximum Gasteiger partial charge on any atom is 0.224 e. The second-order valence-electron chi connectivity index (χ2n) is 5.60. The topological polar surface area (TPSA) is 55.1 Å². The minimum atomic E-state index is 0.0314. The molecule has 0 heterocycles. The van der Waals surface area contributed by atoms with Crippen molar-refractivity contribution in [3.8, 4) is 0 Å². The number of hydrogen-bond donors (Lipinski definition) is 2. The third kappa shape index (κ3) is 1.65. The maximum absolute atomic E-state index is 11.8. The van der Waals surface area contributed by atoms with Gasteiger partial charge in [0.15, 0.2) is 0 Å². The minimum Gasteiger partial charge on any atom is -0.354 e. The number of rotatable bonds is 3. The molecule has 0 aromatic carbocycles. The Hall–Kier alpha value is -0.570. The third-order valence-corrected chi connectivity index (χ3v) is 3.88. The van der Waals surface area contributed by atoms with Crippen molar-refractivity contribution < 1.29 is 4.79 Å². The first-order chi connectivity index (χ1) is 6.21. The molecule has 14 heavy (non-hydrogen) atoms. The highest BCUT2D eigenvalue weighted by Crippen LogP contribution is 2.68. The van der Waals surface area contributed by atoms with Crippen molar-refractivity contribution in [3.05, 3.63) is 0 Å². The first kappa shape index (κ1) is 11.5. The molecule has 0 aromatic heterocycles. The molecule has 3 nitrogen and oxygen atoms in total. The van der Waals surface area contributed by atoms with Crippen LogP contribution >= 0.6 is 0 Å². The largest absolute Gasteiger partial charge is 0.354 e. The molecule has 3 N–H and O–H groups in total. The van der Waals surface area contributed by atoms with E-state index < -0.39 is 0 Å². The molecule has 1 unspecified atom stereocenters. The highest BCUT2D eigenvalue weighted by molar-refractivity contribution is 5.84. The van der Waals surface area contributed by atoms with Crippen molar-refractivity contribution in [3.63, 3.8) is 0 Å². The Balaban J connectivity index is 2.50. The number of carbonyl (C=O) groups excluding carboxylic acids is 1. The summed E-state index contributed by atoms with van der Waals surface area (Å²) < 4.78 is 0. The molecular formula is C11H22N2O. The average molecular weight is 198 g/mol. The molecule has 1 aliphatic rings. The van der Waals surface area contributed by atoms with Gasteiger partial charge in [-0.3, -0.25) is 4.79 Å². The van der Waals surface area contributed by atoms with Crippen LogP contribution in [0.1, 0.15) is 34.6 Å². The van der Waals surface area contributed by atoms with Crippen LogP contribution in [0.15, 0.2) is 0 Å². The van der Waals surface area contributed by atoms with E-state index in [-0.39, 0.29) is 28.7 Å². The van der Waals surface area contributed by atoms with Crippen molar-refractivity contribution in [1.82, 2.24) is 5.32 Å². The highest BCUT2D eigenvalue weighted by Gasteiger charge is 2.68. The van der Waals surface area contributed by atoms with Gasteiger partial charge in [0, 0.05) is 18.5 Å². The Morgan fingerprint density at radius 1 is 1.36 bits per heavy atom. The lowest BCUT2D eigenvalue weighted by Crippen LogP contribution is -2.37. The Bertz CT molecular complexity index is 230. The number of carbonyl (C=O) groups is 1. The molecule has 1 saturated carbocycles. The fourth-order valence-electron chi connectivity index (χ4n) is 2.22. The van der Waals surface area contributed by atoms with Crippen LogP contribution in [0.3, 0.4) is 0 Å². The van der Waals surface area contributed by atoms with Gasteiger partial charge in [-0.2, -0.15) is 0 Å². The predicted molar refractivity (Wildman–Crippen MR) is 57.7 cm³/mol. The lowest BCUT2D eigenvalue weighted by atomic mass is 10.0. The summed E-state index contributed by atoms with van der Waals surface area (Å²) in [7, 11) is 0. The minimum absolute atomic E-state index is 0.0314. The highest BCUT2D eigenvalue weighted by atomic mass is 16.2. The first-order valence-electron chi connectivity index (χ1n) is 5.24. The van der Waals surface area contributed by atoms with Crippen LogP contribution in [0.25, 0.3) is 0 Å². The lowest BCUT2D eigenvalue weighted by molar-refractivity contribution is -0.123. The zero-order valence-electron chi connectivity index (χ0n) is 9.85. The normalized spacial score (nSPS) is 25.6. The summed E-state index contributed by atoms with van der Waals surface area (Å²) in [5, 5.41) is 2.89. The van der Waals surface area contributed by atoms with Gasteiger partial charge in [-0.05, 0) is 17.8 Å². The third-order valence-electron chi connectivity index (χ3n) is 3.88. The molecule has 0 aliphatic heterocycles. The predicted octanol–water partition coefficient (Wildman–Crippen LogP) is 1.13. The number of hydrogen-bond acceptors (Lipinski definition) is 2. The first-order valence-corrected chi connectivity index (χ1v) is 5.24. The molecular weight excluding hydrogens is 176 g/mol. The monoisotopic (exact) mass is 198 g/mol. The Morgan fingerprint density at radius 2 is 1.79 bits per heavy atom. The quantitative estimate of drug-likeness (QED) is 0.714. The van der Waals surface area contributed by atoms with Crippen molar-refractivity contribution >= 4 is 5.91 Å². The second-order valence-corrected chi connectivity index (χ2v) is 5.60. The van der Waals surface area contributed by atoms with E-state index in [1.807, 2.05) is 6.92 Å². The van der Waals surface area contributed by atoms with Gasteiger partial charge < -0.3 is 11.1 Å². The zero-order chi connectivity index (χ0) is 11.1. The molecule has 82 valence electrons. The summed E-state index contributed by atoms with van der Waals surface area (Å²) >= 11 is 0. The Kier molecular flexibility index (Phi) is 2.65. The van der Waals surface area contributed by atoms with Gasteiger partial charge in [-0.25, -0.2) is 0 Å². The number of amides is 1. The molecule has 0 saturated heterocycles. The van der Waals surface area contributed by atoms with E-state index >= 15 is 0 Å². The van der Waals surface area contributed by atoms with Gasteiger partial charge in [-0.1, -0.05) is 27.7 Å². The standard InChI is InChI=1S/C11H22N2O/c1-7(12)6-13-9(14)8-10(2,3)11(8,4)5/h7-8H,6,12H2,1-5H3,(H,13,14). The summed E-state index contributed by atoms with van der Waals surface area (Å²) in [4.78, 5) is 11.8. The average Bonchev–Trinajstić information content (AvgIpc) is 2.39. The van der Waals surface area contributed by atoms with Crippen molar-refractivity contribution in [2.75, 3.05) is 6.54 Å². The van der Waals surface area contributed by atoms with Gasteiger partial charge in [-0.15, -0.1) is 0 Å². The zero-order valence-corrected chi connectivity index (χ0v) is 9.85. The Labute approximate surface area is 86.4 Å². The molecule has 1 rings (SSSR count). The SMILES string of the molecule is CC(N)CNC(=O)C1C(C)(C)C1(C)C. The molecule has 1 fully saturated rings. The molecule has 1 aliphatic carbocycles.